The highest BCUT2D eigenvalue weighted by atomic mass is 35.5. The maximum absolute atomic E-state index is 12.8. The van der Waals surface area contributed by atoms with Crippen LogP contribution in [0.25, 0.3) is 0 Å². The van der Waals surface area contributed by atoms with Crippen LogP contribution >= 0.6 is 12.4 Å². The fourth-order valence-electron chi connectivity index (χ4n) is 3.55. The molecule has 2 heterocycles. The van der Waals surface area contributed by atoms with Crippen molar-refractivity contribution in [3.05, 3.63) is 29.3 Å². The summed E-state index contributed by atoms with van der Waals surface area (Å²) in [5, 5.41) is 3.06. The van der Waals surface area contributed by atoms with Gasteiger partial charge in [0.2, 0.25) is 5.91 Å². The van der Waals surface area contributed by atoms with Gasteiger partial charge in [0.15, 0.2) is 0 Å². The second-order valence-corrected chi connectivity index (χ2v) is 7.34. The van der Waals surface area contributed by atoms with Gasteiger partial charge >= 0.3 is 0 Å². The molecule has 0 radical (unpaired) electrons. The molecule has 2 aliphatic heterocycles. The monoisotopic (exact) mass is 398 g/mol. The summed E-state index contributed by atoms with van der Waals surface area (Å²) in [4.78, 5) is 12.8. The molecule has 3 N–H and O–H groups in total. The summed E-state index contributed by atoms with van der Waals surface area (Å²) in [5.41, 5.74) is 7.51. The van der Waals surface area contributed by atoms with E-state index in [1.807, 2.05) is 25.1 Å². The lowest BCUT2D eigenvalue weighted by atomic mass is 9.79. The van der Waals surface area contributed by atoms with Crippen molar-refractivity contribution in [3.63, 3.8) is 0 Å². The van der Waals surface area contributed by atoms with Crippen LogP contribution in [0.4, 0.5) is 0 Å². The molecular weight excluding hydrogens is 368 g/mol. The minimum Gasteiger partial charge on any atom is -0.491 e. The van der Waals surface area contributed by atoms with Crippen molar-refractivity contribution in [3.8, 4) is 5.75 Å². The molecule has 1 aromatic carbocycles. The first-order chi connectivity index (χ1) is 12.6. The Bertz CT molecular complexity index is 614. The Labute approximate surface area is 167 Å². The first kappa shape index (κ1) is 22.0. The van der Waals surface area contributed by atoms with Crippen LogP contribution < -0.4 is 15.8 Å². The maximum atomic E-state index is 12.8. The first-order valence-corrected chi connectivity index (χ1v) is 9.53. The molecule has 0 bridgehead atoms. The highest BCUT2D eigenvalue weighted by molar-refractivity contribution is 5.85. The number of aryl methyl sites for hydroxylation is 1. The molecule has 3 rings (SSSR count). The first-order valence-electron chi connectivity index (χ1n) is 9.53. The van der Waals surface area contributed by atoms with Crippen LogP contribution in [0.1, 0.15) is 36.8 Å². The molecule has 152 valence electrons. The Morgan fingerprint density at radius 3 is 2.78 bits per heavy atom. The number of rotatable bonds is 7. The van der Waals surface area contributed by atoms with E-state index in [-0.39, 0.29) is 24.4 Å². The third-order valence-electron chi connectivity index (χ3n) is 5.43. The van der Waals surface area contributed by atoms with Gasteiger partial charge in [0.1, 0.15) is 12.4 Å². The molecule has 0 saturated carbocycles. The number of benzene rings is 1. The van der Waals surface area contributed by atoms with E-state index in [4.69, 9.17) is 19.9 Å². The van der Waals surface area contributed by atoms with E-state index < -0.39 is 5.41 Å². The minimum absolute atomic E-state index is 0. The smallest absolute Gasteiger partial charge is 0.227 e. The molecule has 1 atom stereocenters. The van der Waals surface area contributed by atoms with Gasteiger partial charge in [-0.3, -0.25) is 4.79 Å². The number of carbonyl (C=O) groups is 1. The number of hydrogen-bond donors (Lipinski definition) is 2. The van der Waals surface area contributed by atoms with Crippen molar-refractivity contribution in [2.24, 2.45) is 11.1 Å². The SMILES string of the molecule is Cc1ccc(CNC(=O)C2(CN)CCOCC2)c(OCC2CCCO2)c1.Cl. The fraction of sp³-hybridized carbons (Fsp3) is 0.650. The van der Waals surface area contributed by atoms with E-state index in [0.717, 1.165) is 36.3 Å². The third-order valence-corrected chi connectivity index (χ3v) is 5.43. The second kappa shape index (κ2) is 10.3. The average Bonchev–Trinajstić information content (AvgIpc) is 3.19. The largest absolute Gasteiger partial charge is 0.491 e. The van der Waals surface area contributed by atoms with Crippen LogP contribution in [0.5, 0.6) is 5.75 Å². The standard InChI is InChI=1S/C20H30N2O4.ClH/c1-15-4-5-16(18(11-15)26-13-17-3-2-8-25-17)12-22-19(23)20(14-21)6-9-24-10-7-20;/h4-5,11,17H,2-3,6-10,12-14,21H2,1H3,(H,22,23);1H. The van der Waals surface area contributed by atoms with Gasteiger partial charge in [-0.2, -0.15) is 0 Å². The van der Waals surface area contributed by atoms with Gasteiger partial charge in [0.05, 0.1) is 11.5 Å². The van der Waals surface area contributed by atoms with Gasteiger partial charge < -0.3 is 25.3 Å². The summed E-state index contributed by atoms with van der Waals surface area (Å²) < 4.78 is 17.0. The number of amides is 1. The minimum atomic E-state index is -0.512. The summed E-state index contributed by atoms with van der Waals surface area (Å²) >= 11 is 0. The van der Waals surface area contributed by atoms with Gasteiger partial charge in [-0.05, 0) is 44.2 Å². The van der Waals surface area contributed by atoms with Gasteiger partial charge in [-0.1, -0.05) is 12.1 Å². The van der Waals surface area contributed by atoms with Crippen molar-refractivity contribution in [1.82, 2.24) is 5.32 Å². The van der Waals surface area contributed by atoms with Crippen molar-refractivity contribution in [1.29, 1.82) is 0 Å². The predicted molar refractivity (Wildman–Crippen MR) is 106 cm³/mol. The lowest BCUT2D eigenvalue weighted by Gasteiger charge is -2.34. The highest BCUT2D eigenvalue weighted by Crippen LogP contribution is 2.30. The maximum Gasteiger partial charge on any atom is 0.227 e. The normalized spacial score (nSPS) is 21.3. The van der Waals surface area contributed by atoms with E-state index in [2.05, 4.69) is 5.32 Å². The number of hydrogen-bond acceptors (Lipinski definition) is 5. The summed E-state index contributed by atoms with van der Waals surface area (Å²) in [6.07, 6.45) is 3.65. The third kappa shape index (κ3) is 5.57. The fourth-order valence-corrected chi connectivity index (χ4v) is 3.55. The van der Waals surface area contributed by atoms with Crippen LogP contribution in [-0.2, 0) is 20.8 Å². The Morgan fingerprint density at radius 2 is 2.11 bits per heavy atom. The Hall–Kier alpha value is -1.34. The molecule has 27 heavy (non-hydrogen) atoms. The van der Waals surface area contributed by atoms with Gasteiger partial charge in [-0.25, -0.2) is 0 Å². The van der Waals surface area contributed by atoms with E-state index in [9.17, 15) is 4.79 Å². The van der Waals surface area contributed by atoms with Crippen molar-refractivity contribution >= 4 is 18.3 Å². The van der Waals surface area contributed by atoms with Crippen molar-refractivity contribution in [2.45, 2.75) is 45.3 Å². The summed E-state index contributed by atoms with van der Waals surface area (Å²) in [5.74, 6) is 0.823. The second-order valence-electron chi connectivity index (χ2n) is 7.34. The molecule has 0 aromatic heterocycles. The molecular formula is C20H31ClN2O4. The average molecular weight is 399 g/mol. The van der Waals surface area contributed by atoms with Crippen molar-refractivity contribution in [2.75, 3.05) is 33.0 Å². The van der Waals surface area contributed by atoms with E-state index >= 15 is 0 Å². The number of nitrogens with two attached hydrogens (primary N) is 1. The number of halogens is 1. The summed E-state index contributed by atoms with van der Waals surface area (Å²) in [6.45, 7) is 5.35. The molecule has 0 aliphatic carbocycles. The summed E-state index contributed by atoms with van der Waals surface area (Å²) in [6, 6.07) is 6.07. The zero-order valence-electron chi connectivity index (χ0n) is 16.0. The number of nitrogens with one attached hydrogen (secondary N) is 1. The molecule has 1 unspecified atom stereocenters. The molecule has 1 aromatic rings. The van der Waals surface area contributed by atoms with Crippen LogP contribution in [0.3, 0.4) is 0 Å². The topological polar surface area (TPSA) is 82.8 Å². The Morgan fingerprint density at radius 1 is 1.33 bits per heavy atom. The zero-order valence-corrected chi connectivity index (χ0v) is 16.8. The molecule has 7 heteroatoms. The van der Waals surface area contributed by atoms with Crippen LogP contribution in [-0.4, -0.2) is 45.0 Å². The van der Waals surface area contributed by atoms with Gasteiger partial charge in [0.25, 0.3) is 0 Å². The zero-order chi connectivity index (χ0) is 18.4. The molecule has 1 amide bonds. The Kier molecular flexibility index (Phi) is 8.35. The lowest BCUT2D eigenvalue weighted by molar-refractivity contribution is -0.136. The van der Waals surface area contributed by atoms with Gasteiger partial charge in [0, 0.05) is 38.5 Å². The van der Waals surface area contributed by atoms with Crippen molar-refractivity contribution < 1.29 is 19.0 Å². The van der Waals surface area contributed by atoms with Crippen LogP contribution in [0, 0.1) is 12.3 Å². The van der Waals surface area contributed by atoms with E-state index in [1.54, 1.807) is 0 Å². The Balaban J connectivity index is 0.00000261. The molecule has 2 fully saturated rings. The quantitative estimate of drug-likeness (QED) is 0.736. The molecule has 2 aliphatic rings. The van der Waals surface area contributed by atoms with E-state index in [1.165, 1.54) is 0 Å². The number of ether oxygens (including phenoxy) is 3. The highest BCUT2D eigenvalue weighted by Gasteiger charge is 2.38. The van der Waals surface area contributed by atoms with Crippen LogP contribution in [0.2, 0.25) is 0 Å². The molecule has 2 saturated heterocycles. The molecule has 6 nitrogen and oxygen atoms in total. The summed E-state index contributed by atoms with van der Waals surface area (Å²) in [7, 11) is 0. The predicted octanol–water partition coefficient (Wildman–Crippen LogP) is 2.35. The van der Waals surface area contributed by atoms with Crippen LogP contribution in [0.15, 0.2) is 18.2 Å². The molecule has 0 spiro atoms. The lowest BCUT2D eigenvalue weighted by Crippen LogP contribution is -2.49. The van der Waals surface area contributed by atoms with E-state index in [0.29, 0.717) is 45.8 Å². The van der Waals surface area contributed by atoms with Gasteiger partial charge in [-0.15, -0.1) is 12.4 Å². The number of carbonyl (C=O) groups excluding carboxylic acids is 1.